The number of aliphatic hydroxyl groups excluding tert-OH is 1. The van der Waals surface area contributed by atoms with E-state index in [1.54, 1.807) is 4.90 Å². The van der Waals surface area contributed by atoms with E-state index >= 15 is 0 Å². The van der Waals surface area contributed by atoms with Crippen molar-refractivity contribution in [2.24, 2.45) is 5.92 Å². The van der Waals surface area contributed by atoms with E-state index in [9.17, 15) is 31.9 Å². The number of sulfonamides is 1. The Bertz CT molecular complexity index is 1400. The third kappa shape index (κ3) is 7.78. The zero-order valence-corrected chi connectivity index (χ0v) is 25.4. The maximum atomic E-state index is 14.0. The minimum atomic E-state index is -4.07. The molecule has 0 spiro atoms. The molecule has 4 rings (SSSR count). The highest BCUT2D eigenvalue weighted by molar-refractivity contribution is 7.89. The molecule has 0 aliphatic carbocycles. The second kappa shape index (κ2) is 14.0. The van der Waals surface area contributed by atoms with E-state index < -0.39 is 51.7 Å². The van der Waals surface area contributed by atoms with Crippen molar-refractivity contribution >= 4 is 45.0 Å². The normalized spacial score (nSPS) is 21.4. The highest BCUT2D eigenvalue weighted by Crippen LogP contribution is 2.29. The van der Waals surface area contributed by atoms with Crippen LogP contribution in [0.5, 0.6) is 0 Å². The van der Waals surface area contributed by atoms with Gasteiger partial charge in [-0.05, 0) is 48.7 Å². The molecule has 0 saturated carbocycles. The fourth-order valence-corrected chi connectivity index (χ4v) is 7.57. The van der Waals surface area contributed by atoms with Gasteiger partial charge in [-0.25, -0.2) is 17.2 Å². The maximum absolute atomic E-state index is 14.0. The van der Waals surface area contributed by atoms with Crippen LogP contribution in [0.3, 0.4) is 0 Å². The molecule has 0 aromatic heterocycles. The van der Waals surface area contributed by atoms with Gasteiger partial charge >= 0.3 is 0 Å². The van der Waals surface area contributed by atoms with E-state index in [1.807, 2.05) is 6.92 Å². The SMILES string of the molecule is CCCCN1CC(C(=O)NC(Cc2cc(F)cc(F)c2)[C@H](O)[C@H]2CN(S(=O)(=O)c3ccc(Cl)cc3Cl)CCN2)CC1=O. The number of nitrogens with zero attached hydrogens (tertiary/aromatic N) is 2. The summed E-state index contributed by atoms with van der Waals surface area (Å²) in [7, 11) is -4.07. The van der Waals surface area contributed by atoms with Crippen molar-refractivity contribution in [3.8, 4) is 0 Å². The lowest BCUT2D eigenvalue weighted by Gasteiger charge is -2.38. The minimum Gasteiger partial charge on any atom is -0.389 e. The molecular formula is C28H34Cl2F2N4O5S. The van der Waals surface area contributed by atoms with Crippen LogP contribution in [0.25, 0.3) is 0 Å². The van der Waals surface area contributed by atoms with Crippen molar-refractivity contribution in [3.05, 3.63) is 63.6 Å². The summed E-state index contributed by atoms with van der Waals surface area (Å²) >= 11 is 12.1. The number of hydrogen-bond acceptors (Lipinski definition) is 6. The molecule has 2 aliphatic heterocycles. The number of rotatable bonds is 11. The summed E-state index contributed by atoms with van der Waals surface area (Å²) in [6.07, 6.45) is 0.204. The van der Waals surface area contributed by atoms with Crippen molar-refractivity contribution in [3.63, 3.8) is 0 Å². The summed E-state index contributed by atoms with van der Waals surface area (Å²) in [5.41, 5.74) is 0.192. The number of benzene rings is 2. The van der Waals surface area contributed by atoms with E-state index in [-0.39, 0.29) is 65.4 Å². The van der Waals surface area contributed by atoms with E-state index in [0.29, 0.717) is 6.54 Å². The van der Waals surface area contributed by atoms with Crippen LogP contribution in [0, 0.1) is 17.6 Å². The van der Waals surface area contributed by atoms with E-state index in [4.69, 9.17) is 23.2 Å². The number of aliphatic hydroxyl groups is 1. The highest BCUT2D eigenvalue weighted by atomic mass is 35.5. The van der Waals surface area contributed by atoms with Crippen LogP contribution in [0.4, 0.5) is 8.78 Å². The standard InChI is InChI=1S/C28H34Cl2F2N4O5S/c1-2-3-7-35-15-18(12-26(35)37)28(39)34-23(11-17-9-20(31)14-21(32)10-17)27(38)24-16-36(8-6-33-24)42(40,41)25-5-4-19(29)13-22(25)30/h4-5,9-10,13-14,18,23-24,27,33,38H,2-3,6-8,11-12,15-16H2,1H3,(H,34,39)/t18?,23?,24-,27+/m1/s1. The first-order chi connectivity index (χ1) is 19.9. The third-order valence-corrected chi connectivity index (χ3v) is 10.2. The molecule has 230 valence electrons. The van der Waals surface area contributed by atoms with E-state index in [1.165, 1.54) is 22.5 Å². The molecule has 2 aromatic carbocycles. The molecule has 14 heteroatoms. The molecule has 2 aromatic rings. The van der Waals surface area contributed by atoms with E-state index in [2.05, 4.69) is 10.6 Å². The minimum absolute atomic E-state index is 0.0164. The number of nitrogens with one attached hydrogen (secondary N) is 2. The van der Waals surface area contributed by atoms with Crippen molar-refractivity contribution in [2.45, 2.75) is 55.7 Å². The summed E-state index contributed by atoms with van der Waals surface area (Å²) < 4.78 is 56.0. The molecule has 3 N–H and O–H groups in total. The van der Waals surface area contributed by atoms with Crippen molar-refractivity contribution in [1.82, 2.24) is 19.8 Å². The van der Waals surface area contributed by atoms with Crippen LogP contribution in [0.1, 0.15) is 31.7 Å². The lowest BCUT2D eigenvalue weighted by Crippen LogP contribution is -2.62. The number of piperazine rings is 1. The van der Waals surface area contributed by atoms with Gasteiger partial charge in [0.1, 0.15) is 16.5 Å². The lowest BCUT2D eigenvalue weighted by atomic mass is 9.94. The Morgan fingerprint density at radius 3 is 2.55 bits per heavy atom. The zero-order valence-electron chi connectivity index (χ0n) is 23.0. The third-order valence-electron chi connectivity index (χ3n) is 7.58. The topological polar surface area (TPSA) is 119 Å². The first-order valence-corrected chi connectivity index (χ1v) is 16.0. The summed E-state index contributed by atoms with van der Waals surface area (Å²) in [5.74, 6) is -2.90. The summed E-state index contributed by atoms with van der Waals surface area (Å²) in [6.45, 7) is 2.89. The van der Waals surface area contributed by atoms with Crippen molar-refractivity contribution < 1.29 is 31.9 Å². The van der Waals surface area contributed by atoms with Crippen LogP contribution < -0.4 is 10.6 Å². The second-order valence-corrected chi connectivity index (χ2v) is 13.4. The van der Waals surface area contributed by atoms with Crippen LogP contribution in [0.2, 0.25) is 10.0 Å². The number of unbranched alkanes of at least 4 members (excludes halogenated alkanes) is 1. The molecule has 0 bridgehead atoms. The molecule has 2 fully saturated rings. The van der Waals surface area contributed by atoms with Gasteiger partial charge in [0.15, 0.2) is 0 Å². The quantitative estimate of drug-likeness (QED) is 0.345. The van der Waals surface area contributed by atoms with Gasteiger partial charge in [0.05, 0.1) is 23.1 Å². The van der Waals surface area contributed by atoms with Crippen molar-refractivity contribution in [1.29, 1.82) is 0 Å². The molecule has 9 nitrogen and oxygen atoms in total. The molecule has 2 amide bonds. The Labute approximate surface area is 254 Å². The second-order valence-electron chi connectivity index (χ2n) is 10.7. The molecule has 42 heavy (non-hydrogen) atoms. The Hall–Kier alpha value is -2.35. The number of carbonyl (C=O) groups excluding carboxylic acids is 2. The maximum Gasteiger partial charge on any atom is 0.244 e. The Balaban J connectivity index is 1.54. The molecule has 0 radical (unpaired) electrons. The molecular weight excluding hydrogens is 613 g/mol. The van der Waals surface area contributed by atoms with Crippen LogP contribution >= 0.6 is 23.2 Å². The van der Waals surface area contributed by atoms with Gasteiger partial charge in [0.2, 0.25) is 21.8 Å². The van der Waals surface area contributed by atoms with Gasteiger partial charge in [-0.15, -0.1) is 0 Å². The Kier molecular flexibility index (Phi) is 10.8. The van der Waals surface area contributed by atoms with Crippen LogP contribution in [0.15, 0.2) is 41.3 Å². The number of amides is 2. The lowest BCUT2D eigenvalue weighted by molar-refractivity contribution is -0.129. The number of hydrogen-bond donors (Lipinski definition) is 3. The first kappa shape index (κ1) is 32.6. The average Bonchev–Trinajstić information content (AvgIpc) is 3.30. The first-order valence-electron chi connectivity index (χ1n) is 13.8. The van der Waals surface area contributed by atoms with Gasteiger partial charge in [0, 0.05) is 56.3 Å². The predicted molar refractivity (Wildman–Crippen MR) is 155 cm³/mol. The number of likely N-dealkylation sites (tertiary alicyclic amines) is 1. The molecule has 4 atom stereocenters. The van der Waals surface area contributed by atoms with Gasteiger partial charge < -0.3 is 20.6 Å². The van der Waals surface area contributed by atoms with Crippen molar-refractivity contribution in [2.75, 3.05) is 32.7 Å². The van der Waals surface area contributed by atoms with Gasteiger partial charge in [0.25, 0.3) is 0 Å². The summed E-state index contributed by atoms with van der Waals surface area (Å²) in [6, 6.07) is 5.06. The van der Waals surface area contributed by atoms with E-state index in [0.717, 1.165) is 31.0 Å². The largest absolute Gasteiger partial charge is 0.389 e. The van der Waals surface area contributed by atoms with Gasteiger partial charge in [-0.1, -0.05) is 36.5 Å². The summed E-state index contributed by atoms with van der Waals surface area (Å²) in [5, 5.41) is 17.6. The molecule has 2 saturated heterocycles. The smallest absolute Gasteiger partial charge is 0.244 e. The number of halogens is 4. The predicted octanol–water partition coefficient (Wildman–Crippen LogP) is 2.97. The molecule has 2 heterocycles. The average molecular weight is 648 g/mol. The Morgan fingerprint density at radius 2 is 1.88 bits per heavy atom. The Morgan fingerprint density at radius 1 is 1.17 bits per heavy atom. The van der Waals surface area contributed by atoms with Crippen LogP contribution in [-0.2, 0) is 26.0 Å². The molecule has 2 aliphatic rings. The monoisotopic (exact) mass is 646 g/mol. The van der Waals surface area contributed by atoms with Gasteiger partial charge in [-0.2, -0.15) is 4.31 Å². The zero-order chi connectivity index (χ0) is 30.6. The summed E-state index contributed by atoms with van der Waals surface area (Å²) in [4.78, 5) is 27.2. The number of carbonyl (C=O) groups is 2. The highest BCUT2D eigenvalue weighted by Gasteiger charge is 2.39. The van der Waals surface area contributed by atoms with Crippen LogP contribution in [-0.4, -0.2) is 85.5 Å². The fourth-order valence-electron chi connectivity index (χ4n) is 5.35. The fraction of sp³-hybridized carbons (Fsp3) is 0.500. The molecule has 2 unspecified atom stereocenters. The van der Waals surface area contributed by atoms with Gasteiger partial charge in [-0.3, -0.25) is 9.59 Å².